The summed E-state index contributed by atoms with van der Waals surface area (Å²) in [5.41, 5.74) is 0.246. The molecule has 0 saturated carbocycles. The zero-order chi connectivity index (χ0) is 29.0. The van der Waals surface area contributed by atoms with Crippen LogP contribution in [0.5, 0.6) is 0 Å². The van der Waals surface area contributed by atoms with Crippen LogP contribution in [-0.2, 0) is 20.5 Å². The molecule has 0 bridgehead atoms. The van der Waals surface area contributed by atoms with Crippen molar-refractivity contribution in [3.63, 3.8) is 0 Å². The maximum absolute atomic E-state index is 13.2. The Kier molecular flexibility index (Phi) is 13.7. The summed E-state index contributed by atoms with van der Waals surface area (Å²) < 4.78 is 31.3. The van der Waals surface area contributed by atoms with Crippen LogP contribution in [0.2, 0.25) is 43.8 Å². The van der Waals surface area contributed by atoms with Crippen LogP contribution in [0, 0.1) is 5.82 Å². The van der Waals surface area contributed by atoms with E-state index in [1.165, 1.54) is 12.1 Å². The standard InChI is InChI=1S/C30H52FNO4Si2/c1-11-18-30(32-28(33)35-21-22-37(6,7)8,23-27(12-2)36-38(9,10)29(3,4)5)19-13-20-34-24-25-14-16-26(31)17-15-25/h11-12,14-18,27H,2,13,19-24H2,1,3-10H3,(H,32,33)/b18-11-/t27?,30-/m0/s1. The van der Waals surface area contributed by atoms with Gasteiger partial charge in [-0.15, -0.1) is 6.58 Å². The van der Waals surface area contributed by atoms with Crippen LogP contribution in [-0.4, -0.2) is 47.3 Å². The summed E-state index contributed by atoms with van der Waals surface area (Å²) in [6.07, 6.45) is 7.13. The number of allylic oxidation sites excluding steroid dienone is 1. The topological polar surface area (TPSA) is 56.8 Å². The fraction of sp³-hybridized carbons (Fsp3) is 0.633. The van der Waals surface area contributed by atoms with Crippen LogP contribution in [0.15, 0.2) is 49.1 Å². The first kappa shape index (κ1) is 34.3. The van der Waals surface area contributed by atoms with E-state index in [4.69, 9.17) is 13.9 Å². The molecule has 0 aromatic heterocycles. The number of benzene rings is 1. The summed E-state index contributed by atoms with van der Waals surface area (Å²) in [5.74, 6) is -0.260. The van der Waals surface area contributed by atoms with Crippen molar-refractivity contribution in [1.82, 2.24) is 5.32 Å². The van der Waals surface area contributed by atoms with Crippen LogP contribution in [0.1, 0.15) is 52.5 Å². The number of carbonyl (C=O) groups excluding carboxylic acids is 1. The molecule has 1 aromatic carbocycles. The zero-order valence-electron chi connectivity index (χ0n) is 25.3. The van der Waals surface area contributed by atoms with Gasteiger partial charge in [-0.2, -0.15) is 0 Å². The third kappa shape index (κ3) is 12.9. The molecule has 38 heavy (non-hydrogen) atoms. The molecule has 0 aliphatic carbocycles. The van der Waals surface area contributed by atoms with Crippen molar-refractivity contribution < 1.29 is 23.1 Å². The van der Waals surface area contributed by atoms with Crippen LogP contribution in [0.3, 0.4) is 0 Å². The lowest BCUT2D eigenvalue weighted by Gasteiger charge is -2.41. The Balaban J connectivity index is 2.99. The van der Waals surface area contributed by atoms with Gasteiger partial charge in [0.1, 0.15) is 5.82 Å². The second-order valence-electron chi connectivity index (χ2n) is 12.9. The molecule has 0 saturated heterocycles. The van der Waals surface area contributed by atoms with Crippen molar-refractivity contribution in [2.24, 2.45) is 0 Å². The quantitative estimate of drug-likeness (QED) is 0.124. The van der Waals surface area contributed by atoms with Gasteiger partial charge in [-0.3, -0.25) is 0 Å². The van der Waals surface area contributed by atoms with Gasteiger partial charge in [0.05, 0.1) is 24.9 Å². The summed E-state index contributed by atoms with van der Waals surface area (Å²) in [5, 5.41) is 3.23. The molecule has 5 nitrogen and oxygen atoms in total. The van der Waals surface area contributed by atoms with E-state index in [1.54, 1.807) is 12.1 Å². The molecule has 0 heterocycles. The molecular formula is C30H52FNO4Si2. The Morgan fingerprint density at radius 3 is 2.26 bits per heavy atom. The van der Waals surface area contributed by atoms with E-state index >= 15 is 0 Å². The van der Waals surface area contributed by atoms with Crippen molar-refractivity contribution in [2.75, 3.05) is 13.2 Å². The van der Waals surface area contributed by atoms with Gasteiger partial charge in [0.2, 0.25) is 0 Å². The van der Waals surface area contributed by atoms with Gasteiger partial charge in [-0.25, -0.2) is 9.18 Å². The molecule has 1 aromatic rings. The minimum atomic E-state index is -2.07. The molecule has 2 atom stereocenters. The first-order chi connectivity index (χ1) is 17.5. The highest BCUT2D eigenvalue weighted by Gasteiger charge is 2.41. The lowest BCUT2D eigenvalue weighted by Crippen LogP contribution is -2.52. The van der Waals surface area contributed by atoms with E-state index in [0.29, 0.717) is 39.1 Å². The van der Waals surface area contributed by atoms with Crippen molar-refractivity contribution in [3.8, 4) is 0 Å². The minimum Gasteiger partial charge on any atom is -0.450 e. The highest BCUT2D eigenvalue weighted by Crippen LogP contribution is 2.38. The second kappa shape index (κ2) is 15.1. The highest BCUT2D eigenvalue weighted by molar-refractivity contribution is 6.76. The SMILES string of the molecule is C=CC(C[C@](/C=C\C)(CCCOCc1ccc(F)cc1)NC(=O)OCC[Si](C)(C)C)O[Si](C)(C)C(C)(C)C. The van der Waals surface area contributed by atoms with Gasteiger partial charge < -0.3 is 19.2 Å². The fourth-order valence-electron chi connectivity index (χ4n) is 3.76. The normalized spacial score (nSPS) is 15.2. The summed E-state index contributed by atoms with van der Waals surface area (Å²) in [4.78, 5) is 13.0. The van der Waals surface area contributed by atoms with Gasteiger partial charge in [0, 0.05) is 21.1 Å². The number of hydrogen-bond donors (Lipinski definition) is 1. The molecule has 1 unspecified atom stereocenters. The Hall–Kier alpha value is -1.75. The van der Waals surface area contributed by atoms with E-state index in [9.17, 15) is 9.18 Å². The zero-order valence-corrected chi connectivity index (χ0v) is 27.3. The Bertz CT molecular complexity index is 891. The van der Waals surface area contributed by atoms with E-state index in [-0.39, 0.29) is 17.0 Å². The molecule has 8 heteroatoms. The predicted molar refractivity (Wildman–Crippen MR) is 162 cm³/mol. The number of carbonyl (C=O) groups is 1. The van der Waals surface area contributed by atoms with E-state index < -0.39 is 28.0 Å². The van der Waals surface area contributed by atoms with Gasteiger partial charge in [0.25, 0.3) is 0 Å². The molecule has 0 spiro atoms. The third-order valence-corrected chi connectivity index (χ3v) is 13.3. The van der Waals surface area contributed by atoms with E-state index in [0.717, 1.165) is 11.6 Å². The first-order valence-corrected chi connectivity index (χ1v) is 20.4. The molecular weight excluding hydrogens is 514 g/mol. The van der Waals surface area contributed by atoms with Crippen molar-refractivity contribution in [1.29, 1.82) is 0 Å². The lowest BCUT2D eigenvalue weighted by molar-refractivity contribution is 0.102. The van der Waals surface area contributed by atoms with Gasteiger partial charge >= 0.3 is 6.09 Å². The smallest absolute Gasteiger partial charge is 0.407 e. The molecule has 1 amide bonds. The average Bonchev–Trinajstić information content (AvgIpc) is 2.78. The first-order valence-electron chi connectivity index (χ1n) is 13.7. The Labute approximate surface area is 233 Å². The number of ether oxygens (including phenoxy) is 2. The summed E-state index contributed by atoms with van der Waals surface area (Å²) in [6, 6.07) is 7.24. The van der Waals surface area contributed by atoms with Gasteiger partial charge in [-0.05, 0) is 61.6 Å². The van der Waals surface area contributed by atoms with Crippen molar-refractivity contribution >= 4 is 22.5 Å². The molecule has 216 valence electrons. The van der Waals surface area contributed by atoms with E-state index in [2.05, 4.69) is 65.4 Å². The number of halogens is 1. The van der Waals surface area contributed by atoms with Gasteiger partial charge in [0.15, 0.2) is 8.32 Å². The van der Waals surface area contributed by atoms with Gasteiger partial charge in [-0.1, -0.05) is 70.8 Å². The minimum absolute atomic E-state index is 0.0505. The number of rotatable bonds is 16. The number of amides is 1. The predicted octanol–water partition coefficient (Wildman–Crippen LogP) is 8.47. The monoisotopic (exact) mass is 565 g/mol. The average molecular weight is 566 g/mol. The number of nitrogens with one attached hydrogen (secondary N) is 1. The molecule has 1 N–H and O–H groups in total. The van der Waals surface area contributed by atoms with E-state index in [1.807, 2.05) is 25.2 Å². The third-order valence-electron chi connectivity index (χ3n) is 7.10. The highest BCUT2D eigenvalue weighted by atomic mass is 28.4. The largest absolute Gasteiger partial charge is 0.450 e. The van der Waals surface area contributed by atoms with Crippen molar-refractivity contribution in [2.45, 2.75) is 109 Å². The van der Waals surface area contributed by atoms with Crippen LogP contribution >= 0.6 is 0 Å². The van der Waals surface area contributed by atoms with Crippen molar-refractivity contribution in [3.05, 3.63) is 60.5 Å². The molecule has 0 fully saturated rings. The Morgan fingerprint density at radius 1 is 1.11 bits per heavy atom. The number of hydrogen-bond acceptors (Lipinski definition) is 4. The molecule has 0 aliphatic rings. The summed E-state index contributed by atoms with van der Waals surface area (Å²) >= 11 is 0. The molecule has 0 radical (unpaired) electrons. The lowest BCUT2D eigenvalue weighted by atomic mass is 9.86. The van der Waals surface area contributed by atoms with Crippen LogP contribution < -0.4 is 5.32 Å². The Morgan fingerprint density at radius 2 is 1.74 bits per heavy atom. The summed E-state index contributed by atoms with van der Waals surface area (Å²) in [7, 11) is -3.39. The fourth-order valence-corrected chi connectivity index (χ4v) is 5.77. The maximum atomic E-state index is 13.2. The number of alkyl carbamates (subject to hydrolysis) is 1. The van der Waals surface area contributed by atoms with Crippen LogP contribution in [0.25, 0.3) is 0 Å². The second-order valence-corrected chi connectivity index (χ2v) is 23.2. The summed E-state index contributed by atoms with van der Waals surface area (Å²) in [6.45, 7) is 25.2. The maximum Gasteiger partial charge on any atom is 0.407 e. The molecule has 1 rings (SSSR count). The van der Waals surface area contributed by atoms with Crippen LogP contribution in [0.4, 0.5) is 9.18 Å². The molecule has 0 aliphatic heterocycles.